The number of hydrogen-bond donors (Lipinski definition) is 2. The first kappa shape index (κ1) is 19.1. The zero-order chi connectivity index (χ0) is 20.9. The van der Waals surface area contributed by atoms with Crippen molar-refractivity contribution in [2.45, 2.75) is 0 Å². The zero-order valence-corrected chi connectivity index (χ0v) is 16.1. The van der Waals surface area contributed by atoms with E-state index in [-0.39, 0.29) is 17.5 Å². The predicted molar refractivity (Wildman–Crippen MR) is 114 cm³/mol. The number of benzene rings is 2. The fraction of sp³-hybridized carbons (Fsp3) is 0.0435. The van der Waals surface area contributed by atoms with Crippen LogP contribution in [-0.2, 0) is 0 Å². The molecule has 0 bridgehead atoms. The molecular weight excluding hydrogens is 380 g/mol. The maximum atomic E-state index is 12.5. The van der Waals surface area contributed by atoms with Gasteiger partial charge in [0.1, 0.15) is 17.2 Å². The van der Waals surface area contributed by atoms with Crippen molar-refractivity contribution in [2.75, 3.05) is 12.4 Å². The summed E-state index contributed by atoms with van der Waals surface area (Å²) in [6, 6.07) is 17.9. The Morgan fingerprint density at radius 1 is 0.900 bits per heavy atom. The fourth-order valence-corrected chi connectivity index (χ4v) is 2.99. The number of hydrogen-bond acceptors (Lipinski definition) is 5. The van der Waals surface area contributed by atoms with Crippen molar-refractivity contribution < 1.29 is 14.3 Å². The van der Waals surface area contributed by atoms with Gasteiger partial charge in [0.25, 0.3) is 11.8 Å². The second-order valence-electron chi connectivity index (χ2n) is 6.44. The van der Waals surface area contributed by atoms with Gasteiger partial charge in [0.15, 0.2) is 0 Å². The molecule has 0 atom stereocenters. The number of ether oxygens (including phenoxy) is 1. The van der Waals surface area contributed by atoms with Crippen molar-refractivity contribution in [3.05, 3.63) is 90.5 Å². The van der Waals surface area contributed by atoms with E-state index in [0.29, 0.717) is 22.7 Å². The van der Waals surface area contributed by atoms with Crippen LogP contribution in [0, 0.1) is 0 Å². The molecule has 2 N–H and O–H groups in total. The Morgan fingerprint density at radius 2 is 1.77 bits per heavy atom. The number of fused-ring (bicyclic) bond motifs is 1. The molecular formula is C23H18N4O3. The van der Waals surface area contributed by atoms with Gasteiger partial charge in [-0.2, -0.15) is 0 Å². The second kappa shape index (κ2) is 8.40. The number of aromatic nitrogens is 2. The van der Waals surface area contributed by atoms with E-state index >= 15 is 0 Å². The molecule has 0 saturated heterocycles. The average molecular weight is 398 g/mol. The van der Waals surface area contributed by atoms with Gasteiger partial charge in [-0.1, -0.05) is 12.1 Å². The number of carbonyl (C=O) groups is 2. The molecule has 0 spiro atoms. The van der Waals surface area contributed by atoms with Gasteiger partial charge in [0.05, 0.1) is 5.56 Å². The van der Waals surface area contributed by atoms with Crippen LogP contribution in [0.1, 0.15) is 20.8 Å². The summed E-state index contributed by atoms with van der Waals surface area (Å²) in [7, 11) is 1.55. The third-order valence-corrected chi connectivity index (χ3v) is 4.45. The van der Waals surface area contributed by atoms with E-state index in [4.69, 9.17) is 4.74 Å². The van der Waals surface area contributed by atoms with E-state index in [0.717, 1.165) is 10.8 Å². The standard InChI is InChI=1S/C23H18N4O3/c1-24-23(29)21-13-18(9-11-26-21)30-17-7-8-19-15(12-17)4-2-6-20(19)27-22(28)16-5-3-10-25-14-16/h2-14H,1H3,(H,24,29)(H,27,28). The van der Waals surface area contributed by atoms with Gasteiger partial charge in [-0.05, 0) is 47.9 Å². The molecule has 7 nitrogen and oxygen atoms in total. The van der Waals surface area contributed by atoms with Crippen molar-refractivity contribution in [2.24, 2.45) is 0 Å². The maximum absolute atomic E-state index is 12.5. The number of rotatable bonds is 5. The van der Waals surface area contributed by atoms with Crippen molar-refractivity contribution in [3.63, 3.8) is 0 Å². The Bertz CT molecular complexity index is 1230. The molecule has 148 valence electrons. The maximum Gasteiger partial charge on any atom is 0.269 e. The topological polar surface area (TPSA) is 93.2 Å². The molecule has 0 saturated carbocycles. The summed E-state index contributed by atoms with van der Waals surface area (Å²) in [5, 5.41) is 7.24. The summed E-state index contributed by atoms with van der Waals surface area (Å²) in [4.78, 5) is 32.2. The van der Waals surface area contributed by atoms with E-state index in [9.17, 15) is 9.59 Å². The van der Waals surface area contributed by atoms with E-state index < -0.39 is 0 Å². The van der Waals surface area contributed by atoms with Gasteiger partial charge >= 0.3 is 0 Å². The average Bonchev–Trinajstić information content (AvgIpc) is 2.79. The minimum absolute atomic E-state index is 0.227. The summed E-state index contributed by atoms with van der Waals surface area (Å²) in [6.07, 6.45) is 4.66. The Balaban J connectivity index is 1.58. The highest BCUT2D eigenvalue weighted by molar-refractivity contribution is 6.09. The third-order valence-electron chi connectivity index (χ3n) is 4.45. The lowest BCUT2D eigenvalue weighted by Gasteiger charge is -2.11. The van der Waals surface area contributed by atoms with Gasteiger partial charge in [0.2, 0.25) is 0 Å². The van der Waals surface area contributed by atoms with E-state index in [1.807, 2.05) is 36.4 Å². The second-order valence-corrected chi connectivity index (χ2v) is 6.44. The minimum Gasteiger partial charge on any atom is -0.457 e. The third kappa shape index (κ3) is 4.10. The molecule has 0 aliphatic heterocycles. The van der Waals surface area contributed by atoms with Crippen LogP contribution >= 0.6 is 0 Å². The monoisotopic (exact) mass is 398 g/mol. The summed E-state index contributed by atoms with van der Waals surface area (Å²) in [5.74, 6) is 0.596. The summed E-state index contributed by atoms with van der Waals surface area (Å²) < 4.78 is 5.90. The highest BCUT2D eigenvalue weighted by Crippen LogP contribution is 2.30. The van der Waals surface area contributed by atoms with E-state index in [1.165, 1.54) is 12.4 Å². The molecule has 4 aromatic rings. The number of pyridine rings is 2. The van der Waals surface area contributed by atoms with Crippen LogP contribution in [0.5, 0.6) is 11.5 Å². The fourth-order valence-electron chi connectivity index (χ4n) is 2.99. The van der Waals surface area contributed by atoms with Crippen molar-refractivity contribution in [1.29, 1.82) is 0 Å². The number of carbonyl (C=O) groups excluding carboxylic acids is 2. The number of amides is 2. The first-order valence-electron chi connectivity index (χ1n) is 9.24. The lowest BCUT2D eigenvalue weighted by molar-refractivity contribution is 0.0957. The Kier molecular flexibility index (Phi) is 5.34. The molecule has 2 amide bonds. The minimum atomic E-state index is -0.284. The lowest BCUT2D eigenvalue weighted by atomic mass is 10.1. The van der Waals surface area contributed by atoms with Crippen LogP contribution in [0.25, 0.3) is 10.8 Å². The van der Waals surface area contributed by atoms with Crippen LogP contribution < -0.4 is 15.4 Å². The smallest absolute Gasteiger partial charge is 0.269 e. The number of anilines is 1. The molecule has 0 aliphatic carbocycles. The molecule has 2 heterocycles. The van der Waals surface area contributed by atoms with E-state index in [1.54, 1.807) is 37.5 Å². The van der Waals surface area contributed by atoms with Gasteiger partial charge < -0.3 is 15.4 Å². The first-order chi connectivity index (χ1) is 14.6. The van der Waals surface area contributed by atoms with Gasteiger partial charge in [-0.25, -0.2) is 0 Å². The van der Waals surface area contributed by atoms with Crippen LogP contribution in [0.4, 0.5) is 5.69 Å². The Hall–Kier alpha value is -4.26. The molecule has 7 heteroatoms. The van der Waals surface area contributed by atoms with Gasteiger partial charge in [-0.3, -0.25) is 19.6 Å². The molecule has 0 aliphatic rings. The predicted octanol–water partition coefficient (Wildman–Crippen LogP) is 4.03. The zero-order valence-electron chi connectivity index (χ0n) is 16.1. The summed E-state index contributed by atoms with van der Waals surface area (Å²) in [6.45, 7) is 0. The summed E-state index contributed by atoms with van der Waals surface area (Å²) in [5.41, 5.74) is 1.45. The lowest BCUT2D eigenvalue weighted by Crippen LogP contribution is -2.18. The number of nitrogens with zero attached hydrogens (tertiary/aromatic N) is 2. The van der Waals surface area contributed by atoms with Gasteiger partial charge in [-0.15, -0.1) is 0 Å². The Morgan fingerprint density at radius 3 is 2.57 bits per heavy atom. The molecule has 0 radical (unpaired) electrons. The van der Waals surface area contributed by atoms with Crippen molar-refractivity contribution in [3.8, 4) is 11.5 Å². The molecule has 2 aromatic heterocycles. The molecule has 4 rings (SSSR count). The molecule has 2 aromatic carbocycles. The van der Waals surface area contributed by atoms with Crippen LogP contribution in [-0.4, -0.2) is 28.8 Å². The summed E-state index contributed by atoms with van der Waals surface area (Å²) >= 11 is 0. The quantitative estimate of drug-likeness (QED) is 0.529. The highest BCUT2D eigenvalue weighted by atomic mass is 16.5. The van der Waals surface area contributed by atoms with Crippen molar-refractivity contribution >= 4 is 28.3 Å². The van der Waals surface area contributed by atoms with Crippen LogP contribution in [0.2, 0.25) is 0 Å². The largest absolute Gasteiger partial charge is 0.457 e. The van der Waals surface area contributed by atoms with Crippen LogP contribution in [0.15, 0.2) is 79.3 Å². The molecule has 0 unspecified atom stereocenters. The molecule has 30 heavy (non-hydrogen) atoms. The highest BCUT2D eigenvalue weighted by Gasteiger charge is 2.10. The molecule has 0 fully saturated rings. The number of nitrogens with one attached hydrogen (secondary N) is 2. The first-order valence-corrected chi connectivity index (χ1v) is 9.24. The van der Waals surface area contributed by atoms with Crippen LogP contribution in [0.3, 0.4) is 0 Å². The van der Waals surface area contributed by atoms with E-state index in [2.05, 4.69) is 20.6 Å². The van der Waals surface area contributed by atoms with Gasteiger partial charge in [0, 0.05) is 42.8 Å². The SMILES string of the molecule is CNC(=O)c1cc(Oc2ccc3c(NC(=O)c4cccnc4)cccc3c2)ccn1. The normalized spacial score (nSPS) is 10.4. The Labute approximate surface area is 172 Å². The van der Waals surface area contributed by atoms with Crippen molar-refractivity contribution in [1.82, 2.24) is 15.3 Å².